The van der Waals surface area contributed by atoms with E-state index in [-0.39, 0.29) is 0 Å². The lowest BCUT2D eigenvalue weighted by molar-refractivity contribution is 0.0412. The number of hydrogen-bond donors (Lipinski definition) is 2. The lowest BCUT2D eigenvalue weighted by Crippen LogP contribution is -2.32. The second kappa shape index (κ2) is 8.05. The van der Waals surface area contributed by atoms with Crippen molar-refractivity contribution in [3.05, 3.63) is 0 Å². The Hall–Kier alpha value is -0.160. The molecule has 1 rings (SSSR count). The second-order valence-electron chi connectivity index (χ2n) is 4.04. The molecule has 0 heterocycles. The summed E-state index contributed by atoms with van der Waals surface area (Å²) in [5.74, 6) is 0.827. The molecule has 1 atom stereocenters. The predicted molar refractivity (Wildman–Crippen MR) is 58.9 cm³/mol. The lowest BCUT2D eigenvalue weighted by Gasteiger charge is -2.11. The van der Waals surface area contributed by atoms with Crippen LogP contribution in [0.4, 0.5) is 0 Å². The Labute approximate surface area is 92.0 Å². The molecule has 0 bridgehead atoms. The number of aliphatic hydroxyl groups excluding tert-OH is 1. The molecule has 0 radical (unpaired) electrons. The van der Waals surface area contributed by atoms with Crippen LogP contribution >= 0.6 is 0 Å². The summed E-state index contributed by atoms with van der Waals surface area (Å²) in [7, 11) is 0. The molecule has 1 aliphatic carbocycles. The molecule has 0 aromatic rings. The Bertz CT molecular complexity index is 151. The number of nitrogens with one attached hydrogen (secondary N) is 1. The molecule has 0 spiro atoms. The highest BCUT2D eigenvalue weighted by Gasteiger charge is 2.20. The van der Waals surface area contributed by atoms with Crippen LogP contribution in [-0.4, -0.2) is 50.7 Å². The van der Waals surface area contributed by atoms with E-state index in [1.54, 1.807) is 0 Å². The zero-order valence-electron chi connectivity index (χ0n) is 9.58. The molecule has 0 saturated heterocycles. The van der Waals surface area contributed by atoms with Crippen LogP contribution in [0, 0.1) is 5.92 Å². The molecule has 0 aromatic heterocycles. The first-order chi connectivity index (χ1) is 7.33. The molecule has 1 fully saturated rings. The van der Waals surface area contributed by atoms with E-state index < -0.39 is 6.10 Å². The molecule has 2 N–H and O–H groups in total. The van der Waals surface area contributed by atoms with Crippen molar-refractivity contribution in [3.63, 3.8) is 0 Å². The summed E-state index contributed by atoms with van der Waals surface area (Å²) in [6.07, 6.45) is 2.26. The van der Waals surface area contributed by atoms with Crippen molar-refractivity contribution in [1.82, 2.24) is 5.32 Å². The quantitative estimate of drug-likeness (QED) is 0.520. The zero-order chi connectivity index (χ0) is 10.9. The standard InChI is InChI=1S/C11H23NO3/c1-2-14-9-11(13)7-12-5-6-15-8-10-3-4-10/h10-13H,2-9H2,1H3. The SMILES string of the molecule is CCOCC(O)CNCCOCC1CC1. The van der Waals surface area contributed by atoms with E-state index in [0.717, 1.165) is 25.7 Å². The minimum absolute atomic E-state index is 0.409. The molecule has 1 unspecified atom stereocenters. The molecule has 1 saturated carbocycles. The summed E-state index contributed by atoms with van der Waals surface area (Å²) >= 11 is 0. The van der Waals surface area contributed by atoms with Gasteiger partial charge in [0.2, 0.25) is 0 Å². The van der Waals surface area contributed by atoms with Gasteiger partial charge in [-0.05, 0) is 25.7 Å². The number of aliphatic hydroxyl groups is 1. The molecule has 0 amide bonds. The Kier molecular flexibility index (Phi) is 6.92. The highest BCUT2D eigenvalue weighted by Crippen LogP contribution is 2.28. The Morgan fingerprint density at radius 3 is 2.87 bits per heavy atom. The molecule has 90 valence electrons. The van der Waals surface area contributed by atoms with E-state index in [9.17, 15) is 5.11 Å². The van der Waals surface area contributed by atoms with Gasteiger partial charge >= 0.3 is 0 Å². The van der Waals surface area contributed by atoms with Gasteiger partial charge in [-0.2, -0.15) is 0 Å². The topological polar surface area (TPSA) is 50.7 Å². The largest absolute Gasteiger partial charge is 0.389 e. The van der Waals surface area contributed by atoms with Crippen LogP contribution in [0.2, 0.25) is 0 Å². The third-order valence-corrected chi connectivity index (χ3v) is 2.37. The lowest BCUT2D eigenvalue weighted by atomic mass is 10.4. The smallest absolute Gasteiger partial charge is 0.0897 e. The van der Waals surface area contributed by atoms with Crippen molar-refractivity contribution in [1.29, 1.82) is 0 Å². The third kappa shape index (κ3) is 7.73. The third-order valence-electron chi connectivity index (χ3n) is 2.37. The maximum absolute atomic E-state index is 9.41. The van der Waals surface area contributed by atoms with Gasteiger partial charge in [0.05, 0.1) is 19.3 Å². The van der Waals surface area contributed by atoms with Gasteiger partial charge in [-0.15, -0.1) is 0 Å². The first-order valence-corrected chi connectivity index (χ1v) is 5.87. The summed E-state index contributed by atoms with van der Waals surface area (Å²) < 4.78 is 10.5. The molecule has 4 nitrogen and oxygen atoms in total. The maximum Gasteiger partial charge on any atom is 0.0897 e. The van der Waals surface area contributed by atoms with Gasteiger partial charge in [0, 0.05) is 26.3 Å². The summed E-state index contributed by atoms with van der Waals surface area (Å²) in [5.41, 5.74) is 0. The summed E-state index contributed by atoms with van der Waals surface area (Å²) in [6.45, 7) is 6.00. The van der Waals surface area contributed by atoms with Gasteiger partial charge in [0.15, 0.2) is 0 Å². The van der Waals surface area contributed by atoms with Crippen molar-refractivity contribution in [2.45, 2.75) is 25.9 Å². The van der Waals surface area contributed by atoms with E-state index in [1.165, 1.54) is 12.8 Å². The average molecular weight is 217 g/mol. The van der Waals surface area contributed by atoms with Crippen LogP contribution in [0.3, 0.4) is 0 Å². The number of rotatable bonds is 10. The highest BCUT2D eigenvalue weighted by molar-refractivity contribution is 4.71. The monoisotopic (exact) mass is 217 g/mol. The summed E-state index contributed by atoms with van der Waals surface area (Å²) in [5, 5.41) is 12.5. The van der Waals surface area contributed by atoms with Crippen molar-refractivity contribution in [3.8, 4) is 0 Å². The first-order valence-electron chi connectivity index (χ1n) is 5.87. The van der Waals surface area contributed by atoms with Gasteiger partial charge in [-0.3, -0.25) is 0 Å². The second-order valence-corrected chi connectivity index (χ2v) is 4.04. The Morgan fingerprint density at radius 2 is 2.20 bits per heavy atom. The molecular formula is C11H23NO3. The minimum atomic E-state index is -0.409. The van der Waals surface area contributed by atoms with Crippen molar-refractivity contribution >= 4 is 0 Å². The van der Waals surface area contributed by atoms with E-state index in [1.807, 2.05) is 6.92 Å². The fourth-order valence-electron chi connectivity index (χ4n) is 1.26. The Balaban J connectivity index is 1.74. The molecule has 0 aromatic carbocycles. The van der Waals surface area contributed by atoms with Gasteiger partial charge in [0.25, 0.3) is 0 Å². The van der Waals surface area contributed by atoms with Crippen LogP contribution < -0.4 is 5.32 Å². The predicted octanol–water partition coefficient (Wildman–Crippen LogP) is 0.400. The first kappa shape index (κ1) is 12.9. The normalized spacial score (nSPS) is 18.0. The van der Waals surface area contributed by atoms with Crippen molar-refractivity contribution in [2.24, 2.45) is 5.92 Å². The van der Waals surface area contributed by atoms with Gasteiger partial charge in [-0.25, -0.2) is 0 Å². The van der Waals surface area contributed by atoms with E-state index in [4.69, 9.17) is 9.47 Å². The van der Waals surface area contributed by atoms with Crippen LogP contribution in [0.25, 0.3) is 0 Å². The van der Waals surface area contributed by atoms with Crippen LogP contribution in [0.1, 0.15) is 19.8 Å². The van der Waals surface area contributed by atoms with E-state index in [0.29, 0.717) is 19.8 Å². The van der Waals surface area contributed by atoms with E-state index >= 15 is 0 Å². The van der Waals surface area contributed by atoms with Crippen LogP contribution in [-0.2, 0) is 9.47 Å². The van der Waals surface area contributed by atoms with Crippen molar-refractivity contribution < 1.29 is 14.6 Å². The zero-order valence-corrected chi connectivity index (χ0v) is 9.58. The molecule has 15 heavy (non-hydrogen) atoms. The molecular weight excluding hydrogens is 194 g/mol. The van der Waals surface area contributed by atoms with Crippen LogP contribution in [0.15, 0.2) is 0 Å². The minimum Gasteiger partial charge on any atom is -0.389 e. The summed E-state index contributed by atoms with van der Waals surface area (Å²) in [6, 6.07) is 0. The Morgan fingerprint density at radius 1 is 1.40 bits per heavy atom. The maximum atomic E-state index is 9.41. The van der Waals surface area contributed by atoms with Gasteiger partial charge < -0.3 is 19.9 Å². The van der Waals surface area contributed by atoms with E-state index in [2.05, 4.69) is 5.32 Å². The molecule has 0 aliphatic heterocycles. The fourth-order valence-corrected chi connectivity index (χ4v) is 1.26. The van der Waals surface area contributed by atoms with Gasteiger partial charge in [-0.1, -0.05) is 0 Å². The molecule has 1 aliphatic rings. The van der Waals surface area contributed by atoms with Crippen molar-refractivity contribution in [2.75, 3.05) is 39.5 Å². The fraction of sp³-hybridized carbons (Fsp3) is 1.00. The van der Waals surface area contributed by atoms with Crippen LogP contribution in [0.5, 0.6) is 0 Å². The molecule has 4 heteroatoms. The number of ether oxygens (including phenoxy) is 2. The van der Waals surface area contributed by atoms with Gasteiger partial charge in [0.1, 0.15) is 0 Å². The highest BCUT2D eigenvalue weighted by atomic mass is 16.5. The average Bonchev–Trinajstić information content (AvgIpc) is 3.04. The summed E-state index contributed by atoms with van der Waals surface area (Å²) in [4.78, 5) is 0. The number of hydrogen-bond acceptors (Lipinski definition) is 4.